The molecule has 0 aliphatic rings. The zero-order valence-electron chi connectivity index (χ0n) is 11.5. The summed E-state index contributed by atoms with van der Waals surface area (Å²) in [4.78, 5) is 4.33. The highest BCUT2D eigenvalue weighted by Crippen LogP contribution is 2.20. The summed E-state index contributed by atoms with van der Waals surface area (Å²) in [6, 6.07) is 0. The van der Waals surface area contributed by atoms with E-state index in [0.29, 0.717) is 5.41 Å². The summed E-state index contributed by atoms with van der Waals surface area (Å²) in [5.74, 6) is 0.963. The second-order valence-electron chi connectivity index (χ2n) is 5.53. The van der Waals surface area contributed by atoms with Crippen molar-refractivity contribution in [2.45, 2.75) is 40.2 Å². The summed E-state index contributed by atoms with van der Waals surface area (Å²) < 4.78 is 7.20. The Balaban J connectivity index is 2.37. The van der Waals surface area contributed by atoms with Crippen LogP contribution in [0.2, 0.25) is 0 Å². The Morgan fingerprint density at radius 1 is 1.41 bits per heavy atom. The number of hydrogen-bond donors (Lipinski definition) is 1. The molecule has 4 nitrogen and oxygen atoms in total. The maximum atomic E-state index is 5.02. The molecule has 0 saturated heterocycles. The van der Waals surface area contributed by atoms with Crippen LogP contribution in [0.5, 0.6) is 0 Å². The summed E-state index contributed by atoms with van der Waals surface area (Å²) in [7, 11) is 1.73. The van der Waals surface area contributed by atoms with E-state index in [2.05, 4.69) is 35.6 Å². The number of methoxy groups -OCH3 is 1. The number of nitrogens with one attached hydrogen (secondary N) is 1. The van der Waals surface area contributed by atoms with Crippen molar-refractivity contribution >= 4 is 5.95 Å². The maximum Gasteiger partial charge on any atom is 0.202 e. The lowest BCUT2D eigenvalue weighted by molar-refractivity contribution is 0.197. The van der Waals surface area contributed by atoms with Crippen molar-refractivity contribution in [3.8, 4) is 0 Å². The van der Waals surface area contributed by atoms with E-state index in [0.717, 1.165) is 38.5 Å². The van der Waals surface area contributed by atoms with Crippen molar-refractivity contribution < 1.29 is 4.74 Å². The Morgan fingerprint density at radius 2 is 2.18 bits per heavy atom. The maximum absolute atomic E-state index is 5.02. The molecule has 1 aromatic heterocycles. The molecule has 0 radical (unpaired) electrons. The minimum absolute atomic E-state index is 0.359. The molecule has 0 saturated carbocycles. The lowest BCUT2D eigenvalue weighted by atomic mass is 9.92. The first-order valence-electron chi connectivity index (χ1n) is 6.27. The third-order valence-corrected chi connectivity index (χ3v) is 2.63. The summed E-state index contributed by atoms with van der Waals surface area (Å²) in [5.41, 5.74) is 0.359. The Labute approximate surface area is 104 Å². The normalized spacial score (nSPS) is 11.8. The van der Waals surface area contributed by atoms with E-state index in [9.17, 15) is 0 Å². The molecule has 0 aliphatic heterocycles. The molecule has 0 spiro atoms. The van der Waals surface area contributed by atoms with Gasteiger partial charge in [-0.05, 0) is 18.3 Å². The molecule has 0 bridgehead atoms. The molecule has 98 valence electrons. The Bertz CT molecular complexity index is 315. The number of hydrogen-bond acceptors (Lipinski definition) is 3. The Morgan fingerprint density at radius 3 is 2.82 bits per heavy atom. The van der Waals surface area contributed by atoms with Crippen LogP contribution in [-0.4, -0.2) is 29.8 Å². The molecule has 1 heterocycles. The van der Waals surface area contributed by atoms with E-state index in [1.54, 1.807) is 7.11 Å². The smallest absolute Gasteiger partial charge is 0.202 e. The zero-order valence-corrected chi connectivity index (χ0v) is 11.5. The third kappa shape index (κ3) is 5.73. The number of nitrogens with zero attached hydrogens (tertiary/aromatic N) is 2. The number of anilines is 1. The van der Waals surface area contributed by atoms with Crippen LogP contribution in [0.4, 0.5) is 5.95 Å². The van der Waals surface area contributed by atoms with Gasteiger partial charge in [-0.3, -0.25) is 0 Å². The van der Waals surface area contributed by atoms with Crippen LogP contribution in [0.25, 0.3) is 0 Å². The van der Waals surface area contributed by atoms with Gasteiger partial charge in [0.25, 0.3) is 0 Å². The molecule has 0 aliphatic carbocycles. The highest BCUT2D eigenvalue weighted by molar-refractivity contribution is 5.25. The first kappa shape index (κ1) is 14.0. The molecule has 0 atom stereocenters. The molecule has 1 N–H and O–H groups in total. The SMILES string of the molecule is COCCCNc1nccn1CCC(C)(C)C. The van der Waals surface area contributed by atoms with E-state index < -0.39 is 0 Å². The molecule has 0 unspecified atom stereocenters. The van der Waals surface area contributed by atoms with E-state index in [1.807, 2.05) is 12.4 Å². The summed E-state index contributed by atoms with van der Waals surface area (Å²) in [6.45, 7) is 9.48. The van der Waals surface area contributed by atoms with Gasteiger partial charge in [0.05, 0.1) is 0 Å². The predicted molar refractivity (Wildman–Crippen MR) is 71.3 cm³/mol. The van der Waals surface area contributed by atoms with Gasteiger partial charge in [0, 0.05) is 39.2 Å². The van der Waals surface area contributed by atoms with Gasteiger partial charge >= 0.3 is 0 Å². The largest absolute Gasteiger partial charge is 0.385 e. The molecule has 17 heavy (non-hydrogen) atoms. The van der Waals surface area contributed by atoms with Gasteiger partial charge in [0.15, 0.2) is 0 Å². The topological polar surface area (TPSA) is 39.1 Å². The molecule has 0 fully saturated rings. The molecule has 0 amide bonds. The fraction of sp³-hybridized carbons (Fsp3) is 0.769. The van der Waals surface area contributed by atoms with Gasteiger partial charge in [-0.2, -0.15) is 0 Å². The first-order valence-corrected chi connectivity index (χ1v) is 6.27. The van der Waals surface area contributed by atoms with Gasteiger partial charge < -0.3 is 14.6 Å². The summed E-state index contributed by atoms with van der Waals surface area (Å²) in [5, 5.41) is 3.34. The highest BCUT2D eigenvalue weighted by Gasteiger charge is 2.11. The second-order valence-corrected chi connectivity index (χ2v) is 5.53. The molecule has 0 aromatic carbocycles. The molecular formula is C13H25N3O. The lowest BCUT2D eigenvalue weighted by Crippen LogP contribution is -2.14. The number of ether oxygens (including phenoxy) is 1. The fourth-order valence-corrected chi connectivity index (χ4v) is 1.53. The van der Waals surface area contributed by atoms with Crippen molar-refractivity contribution in [1.29, 1.82) is 0 Å². The monoisotopic (exact) mass is 239 g/mol. The third-order valence-electron chi connectivity index (χ3n) is 2.63. The standard InChI is InChI=1S/C13H25N3O/c1-13(2,3)6-9-16-10-8-15-12(16)14-7-5-11-17-4/h8,10H,5-7,9,11H2,1-4H3,(H,14,15). The van der Waals surface area contributed by atoms with Crippen molar-refractivity contribution in [2.75, 3.05) is 25.6 Å². The average Bonchev–Trinajstić information content (AvgIpc) is 2.68. The zero-order chi connectivity index (χ0) is 12.7. The van der Waals surface area contributed by atoms with Crippen LogP contribution in [0.3, 0.4) is 0 Å². The van der Waals surface area contributed by atoms with Crippen molar-refractivity contribution in [3.63, 3.8) is 0 Å². The Kier molecular flexibility index (Phi) is 5.48. The predicted octanol–water partition coefficient (Wildman–Crippen LogP) is 2.77. The van der Waals surface area contributed by atoms with Crippen LogP contribution >= 0.6 is 0 Å². The fourth-order valence-electron chi connectivity index (χ4n) is 1.53. The Hall–Kier alpha value is -1.03. The number of aromatic nitrogens is 2. The van der Waals surface area contributed by atoms with Crippen molar-refractivity contribution in [1.82, 2.24) is 9.55 Å². The summed E-state index contributed by atoms with van der Waals surface area (Å²) in [6.07, 6.45) is 6.03. The molecule has 1 aromatic rings. The van der Waals surface area contributed by atoms with Gasteiger partial charge in [-0.15, -0.1) is 0 Å². The average molecular weight is 239 g/mol. The minimum atomic E-state index is 0.359. The summed E-state index contributed by atoms with van der Waals surface area (Å²) >= 11 is 0. The van der Waals surface area contributed by atoms with Crippen LogP contribution in [0.15, 0.2) is 12.4 Å². The number of rotatable bonds is 7. The van der Waals surface area contributed by atoms with Gasteiger partial charge in [-0.25, -0.2) is 4.98 Å². The van der Waals surface area contributed by atoms with E-state index >= 15 is 0 Å². The van der Waals surface area contributed by atoms with Gasteiger partial charge in [0.2, 0.25) is 5.95 Å². The van der Waals surface area contributed by atoms with Gasteiger partial charge in [-0.1, -0.05) is 20.8 Å². The highest BCUT2D eigenvalue weighted by atomic mass is 16.5. The quantitative estimate of drug-likeness (QED) is 0.744. The van der Waals surface area contributed by atoms with Crippen LogP contribution in [0, 0.1) is 5.41 Å². The number of imidazole rings is 1. The van der Waals surface area contributed by atoms with E-state index in [4.69, 9.17) is 4.74 Å². The van der Waals surface area contributed by atoms with Crippen LogP contribution in [0.1, 0.15) is 33.6 Å². The van der Waals surface area contributed by atoms with Gasteiger partial charge in [0.1, 0.15) is 0 Å². The molecule has 1 rings (SSSR count). The van der Waals surface area contributed by atoms with E-state index in [1.165, 1.54) is 0 Å². The van der Waals surface area contributed by atoms with Crippen LogP contribution in [-0.2, 0) is 11.3 Å². The first-order chi connectivity index (χ1) is 8.03. The second kappa shape index (κ2) is 6.64. The molecular weight excluding hydrogens is 214 g/mol. The number of aryl methyl sites for hydroxylation is 1. The lowest BCUT2D eigenvalue weighted by Gasteiger charge is -2.19. The minimum Gasteiger partial charge on any atom is -0.385 e. The van der Waals surface area contributed by atoms with E-state index in [-0.39, 0.29) is 0 Å². The molecule has 4 heteroatoms. The van der Waals surface area contributed by atoms with Crippen molar-refractivity contribution in [2.24, 2.45) is 5.41 Å². The van der Waals surface area contributed by atoms with Crippen molar-refractivity contribution in [3.05, 3.63) is 12.4 Å². The van der Waals surface area contributed by atoms with Crippen LogP contribution < -0.4 is 5.32 Å².